The monoisotopic (exact) mass is 393 g/mol. The summed E-state index contributed by atoms with van der Waals surface area (Å²) in [6, 6.07) is 12.6. The van der Waals surface area contributed by atoms with Gasteiger partial charge in [-0.15, -0.1) is 0 Å². The van der Waals surface area contributed by atoms with Crippen LogP contribution in [0.3, 0.4) is 0 Å². The highest BCUT2D eigenvalue weighted by Crippen LogP contribution is 2.39. The number of rotatable bonds is 3. The molecular formula is C16H13BrClN3O2. The fraction of sp³-hybridized carbons (Fsp3) is 0.125. The molecule has 0 bridgehead atoms. The van der Waals surface area contributed by atoms with Crippen molar-refractivity contribution in [1.29, 1.82) is 0 Å². The maximum absolute atomic E-state index is 11.3. The first-order valence-corrected chi connectivity index (χ1v) is 8.03. The summed E-state index contributed by atoms with van der Waals surface area (Å²) in [6.07, 6.45) is 0.303. The highest BCUT2D eigenvalue weighted by atomic mass is 79.9. The number of aliphatic carboxylic acids is 1. The molecule has 1 heterocycles. The van der Waals surface area contributed by atoms with Crippen LogP contribution in [0.25, 0.3) is 0 Å². The molecule has 0 saturated heterocycles. The van der Waals surface area contributed by atoms with Crippen LogP contribution in [0.4, 0.5) is 11.4 Å². The van der Waals surface area contributed by atoms with E-state index in [9.17, 15) is 9.90 Å². The van der Waals surface area contributed by atoms with Gasteiger partial charge in [-0.05, 0) is 35.9 Å². The molecule has 0 spiro atoms. The Bertz CT molecular complexity index is 792. The summed E-state index contributed by atoms with van der Waals surface area (Å²) in [6.45, 7) is 0. The van der Waals surface area contributed by atoms with Gasteiger partial charge >= 0.3 is 5.97 Å². The van der Waals surface area contributed by atoms with Crippen molar-refractivity contribution in [3.63, 3.8) is 0 Å². The molecule has 0 aliphatic carbocycles. The topological polar surface area (TPSA) is 78.9 Å². The number of anilines is 2. The maximum atomic E-state index is 11.3. The fourth-order valence-corrected chi connectivity index (χ4v) is 3.05. The van der Waals surface area contributed by atoms with E-state index < -0.39 is 5.97 Å². The van der Waals surface area contributed by atoms with E-state index in [1.54, 1.807) is 23.2 Å². The Morgan fingerprint density at radius 1 is 1.30 bits per heavy atom. The molecule has 5 nitrogen and oxygen atoms in total. The van der Waals surface area contributed by atoms with Crippen molar-refractivity contribution in [2.75, 3.05) is 10.7 Å². The number of carboxylic acid groups (broad SMARTS) is 1. The normalized spacial score (nSPS) is 17.2. The van der Waals surface area contributed by atoms with E-state index in [0.29, 0.717) is 22.8 Å². The number of benzene rings is 2. The summed E-state index contributed by atoms with van der Waals surface area (Å²) >= 11 is 9.67. The average molecular weight is 395 g/mol. The Morgan fingerprint density at radius 2 is 2.00 bits per heavy atom. The first-order valence-electron chi connectivity index (χ1n) is 6.86. The predicted octanol–water partition coefficient (Wildman–Crippen LogP) is 4.08. The summed E-state index contributed by atoms with van der Waals surface area (Å²) in [7, 11) is 0. The molecule has 0 fully saturated rings. The van der Waals surface area contributed by atoms with Crippen molar-refractivity contribution >= 4 is 50.6 Å². The van der Waals surface area contributed by atoms with Crippen LogP contribution in [0, 0.1) is 0 Å². The van der Waals surface area contributed by atoms with Crippen LogP contribution in [-0.4, -0.2) is 16.8 Å². The third kappa shape index (κ3) is 3.18. The van der Waals surface area contributed by atoms with Gasteiger partial charge in [-0.2, -0.15) is 5.10 Å². The Morgan fingerprint density at radius 3 is 2.61 bits per heavy atom. The van der Waals surface area contributed by atoms with E-state index in [4.69, 9.17) is 17.3 Å². The number of hydrazone groups is 1. The predicted molar refractivity (Wildman–Crippen MR) is 94.9 cm³/mol. The highest BCUT2D eigenvalue weighted by Gasteiger charge is 2.33. The summed E-state index contributed by atoms with van der Waals surface area (Å²) in [5.41, 5.74) is 7.96. The lowest BCUT2D eigenvalue weighted by Gasteiger charge is -2.25. The number of carboxylic acids is 1. The Labute approximate surface area is 146 Å². The second kappa shape index (κ2) is 6.22. The van der Waals surface area contributed by atoms with E-state index >= 15 is 0 Å². The standard InChI is InChI=1S/C16H13BrClN3O2/c17-10-3-1-9(2-4-10)15-8-13(16(22)23)20-21(15)14-6-5-11(19)7-12(14)18/h1-7,15H,8,19H2,(H,22,23). The molecule has 1 atom stereocenters. The van der Waals surface area contributed by atoms with Crippen LogP contribution in [0.2, 0.25) is 5.02 Å². The van der Waals surface area contributed by atoms with Gasteiger partial charge in [0, 0.05) is 16.6 Å². The summed E-state index contributed by atoms with van der Waals surface area (Å²) in [5, 5.41) is 15.6. The van der Waals surface area contributed by atoms with Gasteiger partial charge < -0.3 is 10.8 Å². The second-order valence-corrected chi connectivity index (χ2v) is 6.50. The maximum Gasteiger partial charge on any atom is 0.352 e. The smallest absolute Gasteiger partial charge is 0.352 e. The molecular weight excluding hydrogens is 382 g/mol. The summed E-state index contributed by atoms with van der Waals surface area (Å²) in [5.74, 6) is -1.03. The number of nitrogen functional groups attached to an aromatic ring is 1. The molecule has 118 valence electrons. The van der Waals surface area contributed by atoms with Crippen LogP contribution >= 0.6 is 27.5 Å². The lowest BCUT2D eigenvalue weighted by molar-refractivity contribution is -0.129. The van der Waals surface area contributed by atoms with E-state index in [2.05, 4.69) is 21.0 Å². The summed E-state index contributed by atoms with van der Waals surface area (Å²) < 4.78 is 0.954. The van der Waals surface area contributed by atoms with Gasteiger partial charge in [0.15, 0.2) is 0 Å². The zero-order chi connectivity index (χ0) is 16.6. The Kier molecular flexibility index (Phi) is 4.28. The van der Waals surface area contributed by atoms with Crippen LogP contribution in [0.1, 0.15) is 18.0 Å². The molecule has 0 saturated carbocycles. The van der Waals surface area contributed by atoms with Gasteiger partial charge in [0.05, 0.1) is 16.8 Å². The van der Waals surface area contributed by atoms with Crippen LogP contribution in [-0.2, 0) is 4.79 Å². The van der Waals surface area contributed by atoms with E-state index in [1.165, 1.54) is 0 Å². The third-order valence-electron chi connectivity index (χ3n) is 3.63. The molecule has 7 heteroatoms. The fourth-order valence-electron chi connectivity index (χ4n) is 2.51. The van der Waals surface area contributed by atoms with Crippen molar-refractivity contribution in [3.05, 3.63) is 57.5 Å². The van der Waals surface area contributed by atoms with Gasteiger partial charge in [0.2, 0.25) is 0 Å². The highest BCUT2D eigenvalue weighted by molar-refractivity contribution is 9.10. The molecule has 0 aromatic heterocycles. The van der Waals surface area contributed by atoms with Crippen molar-refractivity contribution in [1.82, 2.24) is 0 Å². The van der Waals surface area contributed by atoms with Crippen molar-refractivity contribution in [2.45, 2.75) is 12.5 Å². The number of halogens is 2. The van der Waals surface area contributed by atoms with Crippen LogP contribution in [0.15, 0.2) is 52.0 Å². The molecule has 23 heavy (non-hydrogen) atoms. The first kappa shape index (κ1) is 15.8. The average Bonchev–Trinajstić information content (AvgIpc) is 2.93. The lowest BCUT2D eigenvalue weighted by Crippen LogP contribution is -2.19. The molecule has 3 rings (SSSR count). The van der Waals surface area contributed by atoms with Crippen LogP contribution in [0.5, 0.6) is 0 Å². The van der Waals surface area contributed by atoms with Gasteiger partial charge in [-0.25, -0.2) is 4.79 Å². The minimum absolute atomic E-state index is 0.103. The Hall–Kier alpha value is -2.05. The Balaban J connectivity index is 2.04. The SMILES string of the molecule is Nc1ccc(N2N=C(C(=O)O)CC2c2ccc(Br)cc2)c(Cl)c1. The molecule has 1 aliphatic heterocycles. The number of nitrogens with two attached hydrogens (primary N) is 1. The van der Waals surface area contributed by atoms with Gasteiger partial charge in [-0.1, -0.05) is 39.7 Å². The van der Waals surface area contributed by atoms with Gasteiger partial charge in [0.25, 0.3) is 0 Å². The molecule has 2 aromatic rings. The first-order chi connectivity index (χ1) is 11.0. The molecule has 0 radical (unpaired) electrons. The largest absolute Gasteiger partial charge is 0.477 e. The second-order valence-electron chi connectivity index (χ2n) is 5.18. The molecule has 3 N–H and O–H groups in total. The molecule has 0 amide bonds. The lowest BCUT2D eigenvalue weighted by atomic mass is 10.0. The van der Waals surface area contributed by atoms with Gasteiger partial charge in [-0.3, -0.25) is 5.01 Å². The third-order valence-corrected chi connectivity index (χ3v) is 4.46. The van der Waals surface area contributed by atoms with Crippen molar-refractivity contribution in [2.24, 2.45) is 5.10 Å². The number of nitrogens with zero attached hydrogens (tertiary/aromatic N) is 2. The summed E-state index contributed by atoms with van der Waals surface area (Å²) in [4.78, 5) is 11.3. The zero-order valence-corrected chi connectivity index (χ0v) is 14.3. The zero-order valence-electron chi connectivity index (χ0n) is 11.9. The molecule has 1 unspecified atom stereocenters. The van der Waals surface area contributed by atoms with E-state index in [0.717, 1.165) is 10.0 Å². The quantitative estimate of drug-likeness (QED) is 0.769. The van der Waals surface area contributed by atoms with Gasteiger partial charge in [0.1, 0.15) is 5.71 Å². The minimum atomic E-state index is -1.03. The van der Waals surface area contributed by atoms with Crippen LogP contribution < -0.4 is 10.7 Å². The van der Waals surface area contributed by atoms with Crippen molar-refractivity contribution < 1.29 is 9.90 Å². The van der Waals surface area contributed by atoms with E-state index in [1.807, 2.05) is 24.3 Å². The molecule has 2 aromatic carbocycles. The number of hydrogen-bond acceptors (Lipinski definition) is 4. The molecule has 1 aliphatic rings. The number of hydrogen-bond donors (Lipinski definition) is 2. The number of carbonyl (C=O) groups is 1. The van der Waals surface area contributed by atoms with E-state index in [-0.39, 0.29) is 11.8 Å². The minimum Gasteiger partial charge on any atom is -0.477 e. The van der Waals surface area contributed by atoms with Crippen molar-refractivity contribution in [3.8, 4) is 0 Å².